The molecule has 1 aromatic carbocycles. The van der Waals surface area contributed by atoms with E-state index in [0.717, 1.165) is 11.0 Å². The van der Waals surface area contributed by atoms with Gasteiger partial charge in [0.05, 0.1) is 12.1 Å². The van der Waals surface area contributed by atoms with E-state index in [-0.39, 0.29) is 25.0 Å². The first-order valence-corrected chi connectivity index (χ1v) is 9.70. The summed E-state index contributed by atoms with van der Waals surface area (Å²) in [6.45, 7) is 3.82. The van der Waals surface area contributed by atoms with E-state index in [9.17, 15) is 22.8 Å². The zero-order chi connectivity index (χ0) is 21.7. The van der Waals surface area contributed by atoms with Gasteiger partial charge < -0.3 is 15.5 Å². The van der Waals surface area contributed by atoms with Crippen LogP contribution in [0.2, 0.25) is 0 Å². The number of piperazine rings is 1. The number of hydrogen-bond acceptors (Lipinski definition) is 4. The minimum Gasteiger partial charge on any atom is -0.354 e. The molecular formula is C19H25F3N6O2. The molecule has 0 spiro atoms. The normalized spacial score (nSPS) is 18.7. The Morgan fingerprint density at radius 1 is 1.20 bits per heavy atom. The average molecular weight is 426 g/mol. The molecule has 3 amide bonds. The van der Waals surface area contributed by atoms with Crippen molar-refractivity contribution in [3.8, 4) is 0 Å². The highest BCUT2D eigenvalue weighted by Crippen LogP contribution is 2.29. The summed E-state index contributed by atoms with van der Waals surface area (Å²) in [6.07, 6.45) is -4.34. The first-order chi connectivity index (χ1) is 14.3. The van der Waals surface area contributed by atoms with Crippen molar-refractivity contribution in [3.63, 3.8) is 0 Å². The smallest absolute Gasteiger partial charge is 0.354 e. The lowest BCUT2D eigenvalue weighted by Crippen LogP contribution is -2.53. The molecule has 3 rings (SSSR count). The van der Waals surface area contributed by atoms with Gasteiger partial charge in [-0.15, -0.1) is 0 Å². The maximum absolute atomic E-state index is 12.9. The summed E-state index contributed by atoms with van der Waals surface area (Å²) >= 11 is 0. The zero-order valence-corrected chi connectivity index (χ0v) is 16.7. The largest absolute Gasteiger partial charge is 0.416 e. The maximum Gasteiger partial charge on any atom is 0.416 e. The quantitative estimate of drug-likeness (QED) is 0.416. The molecule has 2 saturated heterocycles. The van der Waals surface area contributed by atoms with Crippen LogP contribution in [0.25, 0.3) is 0 Å². The summed E-state index contributed by atoms with van der Waals surface area (Å²) in [6, 6.07) is 5.03. The highest BCUT2D eigenvalue weighted by Gasteiger charge is 2.31. The van der Waals surface area contributed by atoms with Crippen LogP contribution in [0.4, 0.5) is 18.0 Å². The van der Waals surface area contributed by atoms with Crippen molar-refractivity contribution in [2.45, 2.75) is 12.7 Å². The van der Waals surface area contributed by atoms with E-state index >= 15 is 0 Å². The van der Waals surface area contributed by atoms with Gasteiger partial charge in [0.2, 0.25) is 5.91 Å². The monoisotopic (exact) mass is 426 g/mol. The number of aliphatic imine (C=N–C) groups is 1. The Bertz CT molecular complexity index is 790. The Labute approximate surface area is 172 Å². The fourth-order valence-corrected chi connectivity index (χ4v) is 3.52. The van der Waals surface area contributed by atoms with Crippen LogP contribution < -0.4 is 10.6 Å². The van der Waals surface area contributed by atoms with E-state index in [4.69, 9.17) is 0 Å². The van der Waals surface area contributed by atoms with E-state index in [0.29, 0.717) is 50.8 Å². The second-order valence-corrected chi connectivity index (χ2v) is 7.14. The molecule has 164 valence electrons. The van der Waals surface area contributed by atoms with Crippen LogP contribution in [-0.4, -0.2) is 85.5 Å². The molecule has 2 N–H and O–H groups in total. The summed E-state index contributed by atoms with van der Waals surface area (Å²) in [5, 5.41) is 5.63. The predicted molar refractivity (Wildman–Crippen MR) is 105 cm³/mol. The molecule has 0 aliphatic carbocycles. The van der Waals surface area contributed by atoms with Gasteiger partial charge in [0.25, 0.3) is 0 Å². The van der Waals surface area contributed by atoms with Crippen molar-refractivity contribution in [1.82, 2.24) is 25.3 Å². The standard InChI is InChI=1S/C19H25F3N6O2/c1-23-17(24-5-6-28-16(29)12-25-18(28)30)27-9-7-26(8-10-27)13-14-3-2-4-15(11-14)19(20,21)22/h2-4,11H,5-10,12-13H2,1H3,(H,23,24)(H,25,30). The number of hydrogen-bond donors (Lipinski definition) is 2. The SMILES string of the molecule is CN=C(NCCN1C(=O)CNC1=O)N1CCN(Cc2cccc(C(F)(F)F)c2)CC1. The van der Waals surface area contributed by atoms with E-state index in [1.807, 2.05) is 0 Å². The Balaban J connectivity index is 1.46. The van der Waals surface area contributed by atoms with Crippen LogP contribution in [0.5, 0.6) is 0 Å². The molecule has 8 nitrogen and oxygen atoms in total. The van der Waals surface area contributed by atoms with Crippen molar-refractivity contribution in [3.05, 3.63) is 35.4 Å². The first kappa shape index (κ1) is 21.9. The van der Waals surface area contributed by atoms with Crippen molar-refractivity contribution < 1.29 is 22.8 Å². The van der Waals surface area contributed by atoms with Gasteiger partial charge in [-0.3, -0.25) is 19.6 Å². The minimum atomic E-state index is -4.34. The number of alkyl halides is 3. The van der Waals surface area contributed by atoms with E-state index in [1.54, 1.807) is 13.1 Å². The average Bonchev–Trinajstić information content (AvgIpc) is 3.03. The van der Waals surface area contributed by atoms with Gasteiger partial charge >= 0.3 is 12.2 Å². The van der Waals surface area contributed by atoms with Crippen LogP contribution in [0.1, 0.15) is 11.1 Å². The number of nitrogens with one attached hydrogen (secondary N) is 2. The van der Waals surface area contributed by atoms with Gasteiger partial charge in [-0.25, -0.2) is 4.79 Å². The molecule has 1 aromatic rings. The number of benzene rings is 1. The fraction of sp³-hybridized carbons (Fsp3) is 0.526. The molecule has 2 aliphatic heterocycles. The molecule has 0 bridgehead atoms. The van der Waals surface area contributed by atoms with E-state index in [1.165, 1.54) is 12.1 Å². The Morgan fingerprint density at radius 2 is 1.93 bits per heavy atom. The highest BCUT2D eigenvalue weighted by atomic mass is 19.4. The van der Waals surface area contributed by atoms with Crippen LogP contribution in [0.15, 0.2) is 29.3 Å². The molecule has 2 fully saturated rings. The molecule has 0 saturated carbocycles. The lowest BCUT2D eigenvalue weighted by atomic mass is 10.1. The summed E-state index contributed by atoms with van der Waals surface area (Å²) in [5.41, 5.74) is 0.00254. The van der Waals surface area contributed by atoms with Gasteiger partial charge in [-0.1, -0.05) is 18.2 Å². The second kappa shape index (κ2) is 9.33. The van der Waals surface area contributed by atoms with E-state index in [2.05, 4.69) is 25.4 Å². The maximum atomic E-state index is 12.9. The number of halogens is 3. The van der Waals surface area contributed by atoms with Gasteiger partial charge in [0.1, 0.15) is 0 Å². The second-order valence-electron chi connectivity index (χ2n) is 7.14. The topological polar surface area (TPSA) is 80.3 Å². The predicted octanol–water partition coefficient (Wildman–Crippen LogP) is 0.950. The van der Waals surface area contributed by atoms with Crippen LogP contribution in [0, 0.1) is 0 Å². The lowest BCUT2D eigenvalue weighted by Gasteiger charge is -2.36. The molecule has 2 aliphatic rings. The van der Waals surface area contributed by atoms with E-state index < -0.39 is 11.7 Å². The summed E-state index contributed by atoms with van der Waals surface area (Å²) < 4.78 is 38.7. The number of urea groups is 1. The zero-order valence-electron chi connectivity index (χ0n) is 16.7. The number of rotatable bonds is 5. The van der Waals surface area contributed by atoms with Gasteiger partial charge in [-0.05, 0) is 11.6 Å². The minimum absolute atomic E-state index is 0.0292. The van der Waals surface area contributed by atoms with Crippen LogP contribution >= 0.6 is 0 Å². The number of amides is 3. The third-order valence-corrected chi connectivity index (χ3v) is 5.10. The Hall–Kier alpha value is -2.82. The number of carbonyl (C=O) groups excluding carboxylic acids is 2. The number of guanidine groups is 1. The van der Waals surface area contributed by atoms with Crippen LogP contribution in [0.3, 0.4) is 0 Å². The fourth-order valence-electron chi connectivity index (χ4n) is 3.52. The van der Waals surface area contributed by atoms with Crippen molar-refractivity contribution in [1.29, 1.82) is 0 Å². The number of imide groups is 1. The third-order valence-electron chi connectivity index (χ3n) is 5.10. The summed E-state index contributed by atoms with van der Waals surface area (Å²) in [5.74, 6) is 0.417. The lowest BCUT2D eigenvalue weighted by molar-refractivity contribution is -0.137. The molecular weight excluding hydrogens is 401 g/mol. The van der Waals surface area contributed by atoms with Gasteiger partial charge in [0.15, 0.2) is 5.96 Å². The molecule has 11 heteroatoms. The van der Waals surface area contributed by atoms with Gasteiger partial charge in [-0.2, -0.15) is 13.2 Å². The molecule has 0 radical (unpaired) electrons. The Morgan fingerprint density at radius 3 is 2.53 bits per heavy atom. The van der Waals surface area contributed by atoms with Crippen molar-refractivity contribution in [2.75, 3.05) is 52.9 Å². The van der Waals surface area contributed by atoms with Crippen LogP contribution in [-0.2, 0) is 17.5 Å². The number of carbonyl (C=O) groups is 2. The number of nitrogens with zero attached hydrogens (tertiary/aromatic N) is 4. The van der Waals surface area contributed by atoms with Crippen molar-refractivity contribution in [2.24, 2.45) is 4.99 Å². The molecule has 0 atom stereocenters. The molecule has 30 heavy (non-hydrogen) atoms. The third kappa shape index (κ3) is 5.41. The molecule has 0 unspecified atom stereocenters. The first-order valence-electron chi connectivity index (χ1n) is 9.70. The summed E-state index contributed by atoms with van der Waals surface area (Å²) in [7, 11) is 1.66. The Kier molecular flexibility index (Phi) is 6.80. The highest BCUT2D eigenvalue weighted by molar-refractivity contribution is 6.01. The molecule has 0 aromatic heterocycles. The van der Waals surface area contributed by atoms with Crippen molar-refractivity contribution >= 4 is 17.9 Å². The summed E-state index contributed by atoms with van der Waals surface area (Å²) in [4.78, 5) is 32.7. The van der Waals surface area contributed by atoms with Gasteiger partial charge in [0, 0.05) is 52.9 Å². The molecule has 2 heterocycles.